The molecule has 0 fully saturated rings. The Kier molecular flexibility index (Phi) is 4.76. The van der Waals surface area contributed by atoms with Crippen molar-refractivity contribution in [1.29, 1.82) is 0 Å². The molecule has 122 valence electrons. The number of carbonyl (C=O) groups is 1. The molecule has 1 heterocycles. The van der Waals surface area contributed by atoms with Gasteiger partial charge in [-0.15, -0.1) is 0 Å². The number of nitrogens with one attached hydrogen (secondary N) is 1. The molecule has 6 heteroatoms. The van der Waals surface area contributed by atoms with Gasteiger partial charge in [0.2, 0.25) is 0 Å². The summed E-state index contributed by atoms with van der Waals surface area (Å²) < 4.78 is 16.1. The van der Waals surface area contributed by atoms with E-state index in [0.717, 1.165) is 0 Å². The molecule has 1 aromatic heterocycles. The second-order valence-corrected chi connectivity index (χ2v) is 6.19. The molecular formula is C18H15BrFN3O. The minimum absolute atomic E-state index is 0.264. The summed E-state index contributed by atoms with van der Waals surface area (Å²) >= 11 is 3.38. The third kappa shape index (κ3) is 3.38. The Hall–Kier alpha value is -2.47. The molecule has 0 bridgehead atoms. The summed E-state index contributed by atoms with van der Waals surface area (Å²) in [4.78, 5) is 17.0. The maximum Gasteiger partial charge on any atom is 0.253 e. The van der Waals surface area contributed by atoms with Crippen LogP contribution in [-0.2, 0) is 7.05 Å². The zero-order chi connectivity index (χ0) is 17.1. The maximum absolute atomic E-state index is 13.6. The molecule has 0 saturated carbocycles. The number of rotatable bonds is 4. The van der Waals surface area contributed by atoms with Crippen molar-refractivity contribution in [2.45, 2.75) is 6.04 Å². The topological polar surface area (TPSA) is 46.9 Å². The van der Waals surface area contributed by atoms with Crippen LogP contribution in [0.4, 0.5) is 4.39 Å². The lowest BCUT2D eigenvalue weighted by Gasteiger charge is -2.19. The van der Waals surface area contributed by atoms with Crippen molar-refractivity contribution in [2.75, 3.05) is 0 Å². The minimum atomic E-state index is -0.555. The molecule has 2 aromatic carbocycles. The zero-order valence-corrected chi connectivity index (χ0v) is 14.5. The van der Waals surface area contributed by atoms with Gasteiger partial charge in [0.05, 0.1) is 5.56 Å². The van der Waals surface area contributed by atoms with Crippen LogP contribution in [0.15, 0.2) is 65.4 Å². The third-order valence-corrected chi connectivity index (χ3v) is 4.38. The molecule has 3 aromatic rings. The molecule has 0 saturated heterocycles. The van der Waals surface area contributed by atoms with E-state index in [1.807, 2.05) is 13.1 Å². The van der Waals surface area contributed by atoms with Crippen LogP contribution in [0.2, 0.25) is 0 Å². The molecular weight excluding hydrogens is 373 g/mol. The van der Waals surface area contributed by atoms with Crippen LogP contribution in [0.5, 0.6) is 0 Å². The molecule has 0 aliphatic rings. The Morgan fingerprint density at radius 2 is 2.04 bits per heavy atom. The fourth-order valence-corrected chi connectivity index (χ4v) is 2.96. The third-order valence-electron chi connectivity index (χ3n) is 3.69. The van der Waals surface area contributed by atoms with Crippen molar-refractivity contribution in [3.05, 3.63) is 88.2 Å². The second kappa shape index (κ2) is 6.97. The van der Waals surface area contributed by atoms with Gasteiger partial charge in [-0.25, -0.2) is 9.37 Å². The van der Waals surface area contributed by atoms with E-state index < -0.39 is 6.04 Å². The monoisotopic (exact) mass is 387 g/mol. The summed E-state index contributed by atoms with van der Waals surface area (Å²) in [5.74, 6) is 0.00240. The number of hydrogen-bond acceptors (Lipinski definition) is 2. The van der Waals surface area contributed by atoms with Crippen molar-refractivity contribution in [2.24, 2.45) is 7.05 Å². The van der Waals surface area contributed by atoms with E-state index in [0.29, 0.717) is 21.4 Å². The molecule has 0 spiro atoms. The Morgan fingerprint density at radius 1 is 1.25 bits per heavy atom. The highest BCUT2D eigenvalue weighted by Gasteiger charge is 2.22. The smallest absolute Gasteiger partial charge is 0.253 e. The first-order valence-corrected chi connectivity index (χ1v) is 8.13. The lowest BCUT2D eigenvalue weighted by molar-refractivity contribution is 0.0940. The average molecular weight is 388 g/mol. The summed E-state index contributed by atoms with van der Waals surface area (Å²) in [6.07, 6.45) is 3.43. The molecule has 1 amide bonds. The largest absolute Gasteiger partial charge is 0.338 e. The molecule has 4 nitrogen and oxygen atoms in total. The molecule has 24 heavy (non-hydrogen) atoms. The van der Waals surface area contributed by atoms with E-state index in [1.54, 1.807) is 47.3 Å². The van der Waals surface area contributed by atoms with E-state index in [1.165, 1.54) is 12.1 Å². The standard InChI is InChI=1S/C18H15BrFN3O/c1-23-10-9-21-17(23)16(12-5-4-6-13(20)11-12)22-18(24)14-7-2-3-8-15(14)19/h2-11,16H,1H3,(H,22,24). The number of imidazole rings is 1. The fraction of sp³-hybridized carbons (Fsp3) is 0.111. The van der Waals surface area contributed by atoms with Gasteiger partial charge in [0, 0.05) is 23.9 Å². The zero-order valence-electron chi connectivity index (χ0n) is 12.9. The summed E-state index contributed by atoms with van der Waals surface area (Å²) in [5, 5.41) is 2.94. The molecule has 1 atom stereocenters. The van der Waals surface area contributed by atoms with Crippen molar-refractivity contribution >= 4 is 21.8 Å². The summed E-state index contributed by atoms with van der Waals surface area (Å²) in [5.41, 5.74) is 1.14. The molecule has 3 rings (SSSR count). The van der Waals surface area contributed by atoms with E-state index in [-0.39, 0.29) is 11.7 Å². The van der Waals surface area contributed by atoms with Gasteiger partial charge in [-0.05, 0) is 45.8 Å². The van der Waals surface area contributed by atoms with Crippen molar-refractivity contribution in [3.63, 3.8) is 0 Å². The van der Waals surface area contributed by atoms with E-state index in [9.17, 15) is 9.18 Å². The molecule has 1 unspecified atom stereocenters. The van der Waals surface area contributed by atoms with Crippen LogP contribution < -0.4 is 5.32 Å². The Labute approximate surface area is 147 Å². The first-order valence-electron chi connectivity index (χ1n) is 7.34. The van der Waals surface area contributed by atoms with Crippen LogP contribution in [0.1, 0.15) is 27.8 Å². The average Bonchev–Trinajstić information content (AvgIpc) is 2.98. The van der Waals surface area contributed by atoms with Gasteiger partial charge in [0.1, 0.15) is 17.7 Å². The van der Waals surface area contributed by atoms with Crippen LogP contribution >= 0.6 is 15.9 Å². The summed E-state index contributed by atoms with van der Waals surface area (Å²) in [6, 6.07) is 12.7. The number of nitrogens with zero attached hydrogens (tertiary/aromatic N) is 2. The van der Waals surface area contributed by atoms with E-state index in [4.69, 9.17) is 0 Å². The molecule has 0 radical (unpaired) electrons. The van der Waals surface area contributed by atoms with Gasteiger partial charge in [0.25, 0.3) is 5.91 Å². The summed E-state index contributed by atoms with van der Waals surface area (Å²) in [7, 11) is 1.83. The number of aryl methyl sites for hydroxylation is 1. The van der Waals surface area contributed by atoms with Gasteiger partial charge < -0.3 is 9.88 Å². The quantitative estimate of drug-likeness (QED) is 0.738. The van der Waals surface area contributed by atoms with Gasteiger partial charge in [0.15, 0.2) is 0 Å². The Bertz CT molecular complexity index is 878. The van der Waals surface area contributed by atoms with Crippen LogP contribution in [-0.4, -0.2) is 15.5 Å². The van der Waals surface area contributed by atoms with E-state index in [2.05, 4.69) is 26.2 Å². The van der Waals surface area contributed by atoms with Crippen LogP contribution in [0.3, 0.4) is 0 Å². The number of hydrogen-bond donors (Lipinski definition) is 1. The number of carbonyl (C=O) groups excluding carboxylic acids is 1. The number of amides is 1. The van der Waals surface area contributed by atoms with Gasteiger partial charge in [-0.2, -0.15) is 0 Å². The second-order valence-electron chi connectivity index (χ2n) is 5.34. The lowest BCUT2D eigenvalue weighted by atomic mass is 10.0. The van der Waals surface area contributed by atoms with Crippen molar-refractivity contribution < 1.29 is 9.18 Å². The minimum Gasteiger partial charge on any atom is -0.338 e. The highest BCUT2D eigenvalue weighted by Crippen LogP contribution is 2.23. The first kappa shape index (κ1) is 16.4. The molecule has 1 N–H and O–H groups in total. The predicted molar refractivity (Wildman–Crippen MR) is 93.1 cm³/mol. The predicted octanol–water partition coefficient (Wildman–Crippen LogP) is 3.84. The lowest BCUT2D eigenvalue weighted by Crippen LogP contribution is -2.31. The van der Waals surface area contributed by atoms with Crippen molar-refractivity contribution in [3.8, 4) is 0 Å². The van der Waals surface area contributed by atoms with Gasteiger partial charge in [-0.1, -0.05) is 24.3 Å². The maximum atomic E-state index is 13.6. The first-order chi connectivity index (χ1) is 11.6. The van der Waals surface area contributed by atoms with Crippen LogP contribution in [0.25, 0.3) is 0 Å². The summed E-state index contributed by atoms with van der Waals surface area (Å²) in [6.45, 7) is 0. The number of benzene rings is 2. The van der Waals surface area contributed by atoms with Gasteiger partial charge >= 0.3 is 0 Å². The highest BCUT2D eigenvalue weighted by atomic mass is 79.9. The Morgan fingerprint density at radius 3 is 2.71 bits per heavy atom. The normalized spacial score (nSPS) is 12.0. The highest BCUT2D eigenvalue weighted by molar-refractivity contribution is 9.10. The van der Waals surface area contributed by atoms with Gasteiger partial charge in [-0.3, -0.25) is 4.79 Å². The van der Waals surface area contributed by atoms with E-state index >= 15 is 0 Å². The number of halogens is 2. The number of aromatic nitrogens is 2. The van der Waals surface area contributed by atoms with Crippen LogP contribution in [0, 0.1) is 5.82 Å². The van der Waals surface area contributed by atoms with Crippen molar-refractivity contribution in [1.82, 2.24) is 14.9 Å². The SMILES string of the molecule is Cn1ccnc1C(NC(=O)c1ccccc1Br)c1cccc(F)c1. The molecule has 0 aliphatic heterocycles. The Balaban J connectivity index is 1.98. The fourth-order valence-electron chi connectivity index (χ4n) is 2.49. The molecule has 0 aliphatic carbocycles.